The quantitative estimate of drug-likeness (QED) is 0.339. The number of amides is 1. The number of anilines is 1. The van der Waals surface area contributed by atoms with E-state index < -0.39 is 35.9 Å². The molecule has 1 aromatic heterocycles. The molecule has 2 heterocycles. The van der Waals surface area contributed by atoms with Crippen LogP contribution in [0.3, 0.4) is 0 Å². The summed E-state index contributed by atoms with van der Waals surface area (Å²) >= 11 is 0. The van der Waals surface area contributed by atoms with Crippen molar-refractivity contribution in [3.63, 3.8) is 0 Å². The van der Waals surface area contributed by atoms with E-state index in [-0.39, 0.29) is 17.2 Å². The molecule has 4 rings (SSSR count). The molecule has 11 heteroatoms. The molecule has 3 aromatic rings. The lowest BCUT2D eigenvalue weighted by atomic mass is 9.94. The Kier molecular flexibility index (Phi) is 7.92. The normalized spacial score (nSPS) is 14.4. The number of benzene rings is 2. The van der Waals surface area contributed by atoms with Gasteiger partial charge in [0, 0.05) is 32.2 Å². The first-order valence-corrected chi connectivity index (χ1v) is 12.2. The molecular formula is C28H27F6N3O2. The molecule has 1 aliphatic heterocycles. The van der Waals surface area contributed by atoms with E-state index in [9.17, 15) is 31.1 Å². The molecule has 0 radical (unpaired) electrons. The Balaban J connectivity index is 1.76. The van der Waals surface area contributed by atoms with E-state index in [4.69, 9.17) is 4.74 Å². The van der Waals surface area contributed by atoms with Gasteiger partial charge in [0.15, 0.2) is 0 Å². The van der Waals surface area contributed by atoms with Crippen molar-refractivity contribution < 1.29 is 35.9 Å². The van der Waals surface area contributed by atoms with Gasteiger partial charge in [-0.25, -0.2) is 4.98 Å². The highest BCUT2D eigenvalue weighted by Crippen LogP contribution is 2.37. The van der Waals surface area contributed by atoms with Crippen LogP contribution in [0.4, 0.5) is 32.2 Å². The van der Waals surface area contributed by atoms with Crippen LogP contribution in [0.1, 0.15) is 38.3 Å². The summed E-state index contributed by atoms with van der Waals surface area (Å²) in [4.78, 5) is 21.5. The van der Waals surface area contributed by atoms with Crippen LogP contribution < -0.4 is 4.90 Å². The zero-order valence-corrected chi connectivity index (χ0v) is 21.6. The Morgan fingerprint density at radius 2 is 1.51 bits per heavy atom. The van der Waals surface area contributed by atoms with Crippen LogP contribution in [0, 0.1) is 13.8 Å². The maximum Gasteiger partial charge on any atom is 0.416 e. The monoisotopic (exact) mass is 551 g/mol. The maximum absolute atomic E-state index is 13.7. The molecule has 0 unspecified atom stereocenters. The molecule has 2 aromatic carbocycles. The van der Waals surface area contributed by atoms with Gasteiger partial charge in [-0.05, 0) is 54.8 Å². The van der Waals surface area contributed by atoms with Gasteiger partial charge >= 0.3 is 12.4 Å². The fourth-order valence-corrected chi connectivity index (χ4v) is 4.62. The number of aryl methyl sites for hydroxylation is 2. The zero-order chi connectivity index (χ0) is 28.5. The van der Waals surface area contributed by atoms with E-state index in [1.807, 2.05) is 36.1 Å². The third-order valence-electron chi connectivity index (χ3n) is 6.58. The standard InChI is InChI=1S/C28H27F6N3O2/c1-17-6-4-5-7-22(17)23-15-24(37-8-10-39-11-9-37)35-18(2)25(23)26(38)36(3)16-19-12-20(27(29,30)31)14-21(13-19)28(32,33)34/h4-7,12-15H,8-11,16H2,1-3H3. The number of pyridine rings is 1. The van der Waals surface area contributed by atoms with E-state index in [0.717, 1.165) is 16.0 Å². The lowest BCUT2D eigenvalue weighted by molar-refractivity contribution is -0.143. The number of hydrogen-bond donors (Lipinski definition) is 0. The molecule has 1 fully saturated rings. The lowest BCUT2D eigenvalue weighted by Crippen LogP contribution is -2.37. The molecule has 0 N–H and O–H groups in total. The highest BCUT2D eigenvalue weighted by atomic mass is 19.4. The molecule has 0 saturated carbocycles. The topological polar surface area (TPSA) is 45.7 Å². The van der Waals surface area contributed by atoms with Gasteiger partial charge in [0.25, 0.3) is 5.91 Å². The fraction of sp³-hybridized carbons (Fsp3) is 0.357. The minimum atomic E-state index is -4.98. The van der Waals surface area contributed by atoms with Crippen molar-refractivity contribution in [1.82, 2.24) is 9.88 Å². The number of carbonyl (C=O) groups is 1. The average Bonchev–Trinajstić information content (AvgIpc) is 2.87. The summed E-state index contributed by atoms with van der Waals surface area (Å²) < 4.78 is 85.5. The molecule has 1 saturated heterocycles. The SMILES string of the molecule is Cc1ccccc1-c1cc(N2CCOCC2)nc(C)c1C(=O)N(C)Cc1cc(C(F)(F)F)cc(C(F)(F)F)c1. The second-order valence-electron chi connectivity index (χ2n) is 9.48. The minimum absolute atomic E-state index is 0.0695. The molecule has 5 nitrogen and oxygen atoms in total. The molecule has 0 atom stereocenters. The van der Waals surface area contributed by atoms with E-state index in [1.54, 1.807) is 13.0 Å². The summed E-state index contributed by atoms with van der Waals surface area (Å²) in [6.45, 7) is 5.37. The van der Waals surface area contributed by atoms with Crippen LogP contribution in [0.2, 0.25) is 0 Å². The Labute approximate surface area is 222 Å². The molecule has 0 aliphatic carbocycles. The van der Waals surface area contributed by atoms with Gasteiger partial charge < -0.3 is 14.5 Å². The minimum Gasteiger partial charge on any atom is -0.378 e. The van der Waals surface area contributed by atoms with Gasteiger partial charge in [-0.15, -0.1) is 0 Å². The van der Waals surface area contributed by atoms with Crippen LogP contribution in [0.25, 0.3) is 11.1 Å². The Hall–Kier alpha value is -3.60. The van der Waals surface area contributed by atoms with E-state index in [2.05, 4.69) is 4.98 Å². The number of morpholine rings is 1. The zero-order valence-electron chi connectivity index (χ0n) is 21.6. The smallest absolute Gasteiger partial charge is 0.378 e. The van der Waals surface area contributed by atoms with Gasteiger partial charge in [0.2, 0.25) is 0 Å². The molecule has 1 amide bonds. The van der Waals surface area contributed by atoms with Crippen molar-refractivity contribution in [2.75, 3.05) is 38.3 Å². The van der Waals surface area contributed by atoms with Gasteiger partial charge in [-0.1, -0.05) is 24.3 Å². The van der Waals surface area contributed by atoms with E-state index >= 15 is 0 Å². The molecule has 0 spiro atoms. The average molecular weight is 552 g/mol. The molecule has 208 valence electrons. The number of alkyl halides is 6. The number of hydrogen-bond acceptors (Lipinski definition) is 4. The van der Waals surface area contributed by atoms with Gasteiger partial charge in [-0.2, -0.15) is 26.3 Å². The molecular weight excluding hydrogens is 524 g/mol. The van der Waals surface area contributed by atoms with Crippen LogP contribution in [0.15, 0.2) is 48.5 Å². The van der Waals surface area contributed by atoms with E-state index in [1.165, 1.54) is 7.05 Å². The van der Waals surface area contributed by atoms with Crippen molar-refractivity contribution >= 4 is 11.7 Å². The Morgan fingerprint density at radius 1 is 0.923 bits per heavy atom. The summed E-state index contributed by atoms with van der Waals surface area (Å²) in [5.41, 5.74) is -0.281. The highest BCUT2D eigenvalue weighted by molar-refractivity contribution is 6.02. The first kappa shape index (κ1) is 28.4. The number of rotatable bonds is 5. The first-order valence-electron chi connectivity index (χ1n) is 12.2. The Bertz CT molecular complexity index is 1330. The van der Waals surface area contributed by atoms with Crippen molar-refractivity contribution in [3.8, 4) is 11.1 Å². The number of ether oxygens (including phenoxy) is 1. The van der Waals surface area contributed by atoms with Gasteiger partial charge in [-0.3, -0.25) is 4.79 Å². The van der Waals surface area contributed by atoms with Crippen LogP contribution >= 0.6 is 0 Å². The number of halogens is 6. The number of aromatic nitrogens is 1. The van der Waals surface area contributed by atoms with Gasteiger partial charge in [0.1, 0.15) is 5.82 Å². The van der Waals surface area contributed by atoms with Gasteiger partial charge in [0.05, 0.1) is 35.6 Å². The summed E-state index contributed by atoms with van der Waals surface area (Å²) in [6.07, 6.45) is -9.96. The second kappa shape index (κ2) is 10.9. The summed E-state index contributed by atoms with van der Waals surface area (Å²) in [5.74, 6) is 0.0821. The van der Waals surface area contributed by atoms with Crippen LogP contribution in [-0.4, -0.2) is 49.1 Å². The lowest BCUT2D eigenvalue weighted by Gasteiger charge is -2.29. The largest absolute Gasteiger partial charge is 0.416 e. The van der Waals surface area contributed by atoms with Crippen LogP contribution in [-0.2, 0) is 23.6 Å². The molecule has 0 bridgehead atoms. The third kappa shape index (κ3) is 6.35. The van der Waals surface area contributed by atoms with Crippen molar-refractivity contribution in [2.45, 2.75) is 32.7 Å². The Morgan fingerprint density at radius 3 is 2.08 bits per heavy atom. The summed E-state index contributed by atoms with van der Waals surface area (Å²) in [6, 6.07) is 10.6. The number of carbonyl (C=O) groups excluding carboxylic acids is 1. The second-order valence-corrected chi connectivity index (χ2v) is 9.48. The van der Waals surface area contributed by atoms with Crippen molar-refractivity contribution in [2.24, 2.45) is 0 Å². The summed E-state index contributed by atoms with van der Waals surface area (Å²) in [7, 11) is 1.34. The molecule has 39 heavy (non-hydrogen) atoms. The third-order valence-corrected chi connectivity index (χ3v) is 6.58. The first-order chi connectivity index (χ1) is 18.3. The predicted molar refractivity (Wildman–Crippen MR) is 134 cm³/mol. The van der Waals surface area contributed by atoms with Crippen molar-refractivity contribution in [3.05, 3.63) is 82.0 Å². The van der Waals surface area contributed by atoms with E-state index in [0.29, 0.717) is 55.5 Å². The summed E-state index contributed by atoms with van der Waals surface area (Å²) in [5, 5.41) is 0. The molecule has 1 aliphatic rings. The fourth-order valence-electron chi connectivity index (χ4n) is 4.62. The van der Waals surface area contributed by atoms with Crippen molar-refractivity contribution in [1.29, 1.82) is 0 Å². The predicted octanol–water partition coefficient (Wildman–Crippen LogP) is 6.51. The number of nitrogens with zero attached hydrogens (tertiary/aromatic N) is 3. The van der Waals surface area contributed by atoms with Crippen LogP contribution in [0.5, 0.6) is 0 Å². The highest BCUT2D eigenvalue weighted by Gasteiger charge is 2.37. The maximum atomic E-state index is 13.7.